The summed E-state index contributed by atoms with van der Waals surface area (Å²) in [6.07, 6.45) is 1.43. The van der Waals surface area contributed by atoms with Gasteiger partial charge in [-0.25, -0.2) is 9.79 Å². The Bertz CT molecular complexity index is 1930. The number of esters is 1. The minimum absolute atomic E-state index is 0.114. The van der Waals surface area contributed by atoms with E-state index in [2.05, 4.69) is 4.99 Å². The number of fused-ring (bicyclic) bond motifs is 1. The molecule has 1 atom stereocenters. The number of hydrogen-bond donors (Lipinski definition) is 0. The molecular weight excluding hydrogens is 574 g/mol. The van der Waals surface area contributed by atoms with Crippen LogP contribution in [0.25, 0.3) is 17.4 Å². The molecule has 0 bridgehead atoms. The predicted octanol–water partition coefficient (Wildman–Crippen LogP) is 4.76. The maximum Gasteiger partial charge on any atom is 0.338 e. The summed E-state index contributed by atoms with van der Waals surface area (Å²) in [6, 6.07) is 14.0. The van der Waals surface area contributed by atoms with Gasteiger partial charge in [0, 0.05) is 23.8 Å². The molecule has 0 saturated carbocycles. The Balaban J connectivity index is 1.66. The summed E-state index contributed by atoms with van der Waals surface area (Å²) in [5, 5.41) is 11.3. The molecule has 0 fully saturated rings. The summed E-state index contributed by atoms with van der Waals surface area (Å²) >= 11 is 1.15. The molecule has 0 saturated heterocycles. The van der Waals surface area contributed by atoms with Crippen LogP contribution in [0.2, 0.25) is 0 Å². The number of benzene rings is 2. The largest absolute Gasteiger partial charge is 0.496 e. The van der Waals surface area contributed by atoms with E-state index in [4.69, 9.17) is 18.6 Å². The lowest BCUT2D eigenvalue weighted by molar-refractivity contribution is -0.384. The Morgan fingerprint density at radius 1 is 1.19 bits per heavy atom. The van der Waals surface area contributed by atoms with E-state index in [0.717, 1.165) is 11.3 Å². The van der Waals surface area contributed by atoms with Gasteiger partial charge in [0.05, 0.1) is 46.1 Å². The van der Waals surface area contributed by atoms with Gasteiger partial charge >= 0.3 is 5.97 Å². The zero-order chi connectivity index (χ0) is 30.8. The molecule has 0 N–H and O–H groups in total. The molecule has 0 spiro atoms. The molecule has 3 heterocycles. The second-order valence-electron chi connectivity index (χ2n) is 9.85. The average Bonchev–Trinajstić information content (AvgIpc) is 3.56. The molecule has 222 valence electrons. The highest BCUT2D eigenvalue weighted by molar-refractivity contribution is 7.07. The number of carbonyl (C=O) groups is 1. The number of thiazole rings is 1. The van der Waals surface area contributed by atoms with Crippen LogP contribution in [0.15, 0.2) is 80.1 Å². The number of methoxy groups -OCH3 is 1. The molecule has 43 heavy (non-hydrogen) atoms. The van der Waals surface area contributed by atoms with Crippen LogP contribution in [0.3, 0.4) is 0 Å². The predicted molar refractivity (Wildman–Crippen MR) is 160 cm³/mol. The molecule has 1 aliphatic rings. The van der Waals surface area contributed by atoms with Crippen LogP contribution in [0.5, 0.6) is 11.5 Å². The van der Waals surface area contributed by atoms with Crippen molar-refractivity contribution in [3.8, 4) is 22.8 Å². The molecule has 12 heteroatoms. The Morgan fingerprint density at radius 2 is 1.95 bits per heavy atom. The first kappa shape index (κ1) is 29.5. The Hall–Kier alpha value is -4.97. The summed E-state index contributed by atoms with van der Waals surface area (Å²) in [5.74, 6) is 1.04. The van der Waals surface area contributed by atoms with E-state index in [0.29, 0.717) is 49.2 Å². The van der Waals surface area contributed by atoms with Gasteiger partial charge in [0.1, 0.15) is 29.1 Å². The highest BCUT2D eigenvalue weighted by Gasteiger charge is 2.35. The van der Waals surface area contributed by atoms with E-state index in [-0.39, 0.29) is 29.5 Å². The van der Waals surface area contributed by atoms with Crippen molar-refractivity contribution < 1.29 is 28.3 Å². The summed E-state index contributed by atoms with van der Waals surface area (Å²) < 4.78 is 24.6. The zero-order valence-electron chi connectivity index (χ0n) is 24.2. The maximum atomic E-state index is 14.0. The van der Waals surface area contributed by atoms with E-state index < -0.39 is 16.9 Å². The molecule has 0 unspecified atom stereocenters. The van der Waals surface area contributed by atoms with Gasteiger partial charge < -0.3 is 18.6 Å². The quantitative estimate of drug-likeness (QED) is 0.152. The molecule has 5 rings (SSSR count). The third kappa shape index (κ3) is 5.73. The fraction of sp³-hybridized carbons (Fsp3) is 0.258. The van der Waals surface area contributed by atoms with Crippen molar-refractivity contribution >= 4 is 29.1 Å². The van der Waals surface area contributed by atoms with Crippen LogP contribution >= 0.6 is 11.3 Å². The monoisotopic (exact) mass is 603 g/mol. The highest BCUT2D eigenvalue weighted by Crippen LogP contribution is 2.37. The number of allylic oxidation sites excluding steroid dienone is 1. The average molecular weight is 604 g/mol. The zero-order valence-corrected chi connectivity index (χ0v) is 25.0. The fourth-order valence-electron chi connectivity index (χ4n) is 4.86. The number of aromatic nitrogens is 1. The number of nitro benzene ring substituents is 1. The molecule has 2 aromatic carbocycles. The van der Waals surface area contributed by atoms with Gasteiger partial charge in [0.15, 0.2) is 4.80 Å². The molecule has 0 amide bonds. The van der Waals surface area contributed by atoms with Crippen molar-refractivity contribution in [1.29, 1.82) is 0 Å². The first-order chi connectivity index (χ1) is 20.6. The van der Waals surface area contributed by atoms with Crippen LogP contribution in [0.4, 0.5) is 5.69 Å². The van der Waals surface area contributed by atoms with E-state index in [1.807, 2.05) is 32.0 Å². The lowest BCUT2D eigenvalue weighted by Crippen LogP contribution is -2.40. The number of hydrogen-bond acceptors (Lipinski definition) is 10. The number of furan rings is 1. The molecule has 0 radical (unpaired) electrons. The summed E-state index contributed by atoms with van der Waals surface area (Å²) in [6.45, 7) is 7.39. The minimum atomic E-state index is -0.839. The number of rotatable bonds is 9. The lowest BCUT2D eigenvalue weighted by atomic mass is 9.95. The van der Waals surface area contributed by atoms with Crippen molar-refractivity contribution in [2.45, 2.75) is 39.8 Å². The highest BCUT2D eigenvalue weighted by atomic mass is 32.1. The third-order valence-electron chi connectivity index (χ3n) is 6.65. The second-order valence-corrected chi connectivity index (χ2v) is 10.9. The molecule has 11 nitrogen and oxygen atoms in total. The molecule has 0 aliphatic carbocycles. The van der Waals surface area contributed by atoms with E-state index >= 15 is 0 Å². The summed E-state index contributed by atoms with van der Waals surface area (Å²) in [5.41, 5.74) is 1.21. The van der Waals surface area contributed by atoms with Gasteiger partial charge in [0.2, 0.25) is 0 Å². The van der Waals surface area contributed by atoms with Crippen molar-refractivity contribution in [1.82, 2.24) is 4.57 Å². The number of nitrogens with zero attached hydrogens (tertiary/aromatic N) is 3. The Kier molecular flexibility index (Phi) is 8.31. The van der Waals surface area contributed by atoms with E-state index in [9.17, 15) is 19.7 Å². The van der Waals surface area contributed by atoms with Crippen molar-refractivity contribution in [2.75, 3.05) is 13.7 Å². The Labute approximate surface area is 250 Å². The maximum absolute atomic E-state index is 14.0. The number of non-ortho nitro benzene ring substituents is 1. The van der Waals surface area contributed by atoms with Gasteiger partial charge in [-0.3, -0.25) is 19.5 Å². The SMILES string of the molecule is CCOC(=O)C1=C(C)N=c2s/c(=C\c3ccc(-c4cc([N+](=O)[O-])ccc4OC)o3)c(=O)n2[C@H]1c1ccccc1OC(C)C. The van der Waals surface area contributed by atoms with E-state index in [1.54, 1.807) is 38.1 Å². The van der Waals surface area contributed by atoms with Gasteiger partial charge in [-0.15, -0.1) is 0 Å². The molecule has 1 aliphatic heterocycles. The van der Waals surface area contributed by atoms with Crippen molar-refractivity contribution in [2.24, 2.45) is 4.99 Å². The van der Waals surface area contributed by atoms with Crippen LogP contribution in [0.1, 0.15) is 45.1 Å². The van der Waals surface area contributed by atoms with Gasteiger partial charge in [-0.2, -0.15) is 0 Å². The van der Waals surface area contributed by atoms with Gasteiger partial charge in [0.25, 0.3) is 11.2 Å². The van der Waals surface area contributed by atoms with Crippen LogP contribution in [-0.4, -0.2) is 35.3 Å². The van der Waals surface area contributed by atoms with Gasteiger partial charge in [-0.05, 0) is 52.0 Å². The summed E-state index contributed by atoms with van der Waals surface area (Å²) in [7, 11) is 1.46. The Morgan fingerprint density at radius 3 is 2.65 bits per heavy atom. The van der Waals surface area contributed by atoms with E-state index in [1.165, 1.54) is 29.9 Å². The lowest BCUT2D eigenvalue weighted by Gasteiger charge is -2.26. The minimum Gasteiger partial charge on any atom is -0.496 e. The fourth-order valence-corrected chi connectivity index (χ4v) is 5.89. The number of para-hydroxylation sites is 1. The first-order valence-electron chi connectivity index (χ1n) is 13.5. The molecule has 2 aromatic heterocycles. The normalized spacial score (nSPS) is 14.8. The third-order valence-corrected chi connectivity index (χ3v) is 7.64. The summed E-state index contributed by atoms with van der Waals surface area (Å²) in [4.78, 5) is 43.1. The first-order valence-corrected chi connectivity index (χ1v) is 14.3. The second kappa shape index (κ2) is 12.1. The smallest absolute Gasteiger partial charge is 0.338 e. The number of ether oxygens (including phenoxy) is 3. The standard InChI is InChI=1S/C31H29N3O8S/c1-6-40-30(36)27-18(4)32-31-33(28(27)21-9-7-8-10-24(21)41-17(2)3)29(35)26(43-31)16-20-12-14-25(42-20)22-15-19(34(37)38)11-13-23(22)39-5/h7-17,28H,6H2,1-5H3/b26-16-/t28-/m0/s1. The van der Waals surface area contributed by atoms with Gasteiger partial charge in [-0.1, -0.05) is 29.5 Å². The molecule has 4 aromatic rings. The number of carbonyl (C=O) groups excluding carboxylic acids is 1. The molecular formula is C31H29N3O8S. The van der Waals surface area contributed by atoms with Crippen LogP contribution in [-0.2, 0) is 9.53 Å². The van der Waals surface area contributed by atoms with Crippen LogP contribution in [0, 0.1) is 10.1 Å². The topological polar surface area (TPSA) is 135 Å². The van der Waals surface area contributed by atoms with Crippen molar-refractivity contribution in [3.05, 3.63) is 107 Å². The number of nitro groups is 1. The van der Waals surface area contributed by atoms with Crippen molar-refractivity contribution in [3.63, 3.8) is 0 Å². The van der Waals surface area contributed by atoms with Crippen LogP contribution < -0.4 is 24.4 Å².